The van der Waals surface area contributed by atoms with E-state index in [2.05, 4.69) is 20.9 Å². The Morgan fingerprint density at radius 3 is 3.00 bits per heavy atom. The van der Waals surface area contributed by atoms with Crippen LogP contribution in [0.2, 0.25) is 0 Å². The minimum absolute atomic E-state index is 0.0603. The van der Waals surface area contributed by atoms with E-state index >= 15 is 0 Å². The first-order chi connectivity index (χ1) is 10.3. The highest BCUT2D eigenvalue weighted by atomic mass is 16.5. The summed E-state index contributed by atoms with van der Waals surface area (Å²) in [4.78, 5) is 15.5. The van der Waals surface area contributed by atoms with Crippen molar-refractivity contribution in [1.82, 2.24) is 16.0 Å². The molecule has 3 rings (SSSR count). The molecule has 0 aromatic rings. The highest BCUT2D eigenvalue weighted by molar-refractivity contribution is 5.83. The largest absolute Gasteiger partial charge is 0.446 e. The van der Waals surface area contributed by atoms with Crippen molar-refractivity contribution >= 4 is 18.0 Å². The van der Waals surface area contributed by atoms with Crippen LogP contribution < -0.4 is 27.4 Å². The maximum absolute atomic E-state index is 11.3. The Morgan fingerprint density at radius 2 is 2.32 bits per heavy atom. The lowest BCUT2D eigenvalue weighted by molar-refractivity contribution is -0.623. The predicted octanol–water partition coefficient (Wildman–Crippen LogP) is -4.29. The summed E-state index contributed by atoms with van der Waals surface area (Å²) in [5, 5.41) is 29.0. The summed E-state index contributed by atoms with van der Waals surface area (Å²) in [5.41, 5.74) is 10.4. The number of hydrogen-bond acceptors (Lipinski definition) is 9. The lowest BCUT2D eigenvalue weighted by Gasteiger charge is -2.42. The molecule has 9 N–H and O–H groups in total. The average molecular weight is 314 g/mol. The molecule has 3 atom stereocenters. The molecule has 1 fully saturated rings. The molecule has 11 heteroatoms. The van der Waals surface area contributed by atoms with Crippen molar-refractivity contribution in [1.29, 1.82) is 0 Å². The van der Waals surface area contributed by atoms with Gasteiger partial charge in [-0.25, -0.2) is 14.4 Å². The molecule has 3 heterocycles. The van der Waals surface area contributed by atoms with Crippen molar-refractivity contribution in [2.24, 2.45) is 16.5 Å². The molecule has 1 amide bonds. The molecule has 3 aliphatic rings. The number of hydrogen-bond donors (Lipinski definition) is 7. The number of aliphatic hydroxyl groups is 2. The van der Waals surface area contributed by atoms with Gasteiger partial charge in [0.1, 0.15) is 12.6 Å². The fraction of sp³-hybridized carbons (Fsp3) is 0.727. The van der Waals surface area contributed by atoms with E-state index < -0.39 is 29.6 Å². The van der Waals surface area contributed by atoms with Crippen molar-refractivity contribution in [3.63, 3.8) is 0 Å². The van der Waals surface area contributed by atoms with Gasteiger partial charge in [0.2, 0.25) is 11.4 Å². The Hall–Kier alpha value is -2.27. The maximum atomic E-state index is 11.3. The van der Waals surface area contributed by atoms with Gasteiger partial charge in [0.15, 0.2) is 12.0 Å². The van der Waals surface area contributed by atoms with Crippen molar-refractivity contribution in [2.45, 2.75) is 30.0 Å². The molecular formula is C11H20N7O4+. The molecule has 11 nitrogen and oxygen atoms in total. The van der Waals surface area contributed by atoms with Crippen LogP contribution in [0.5, 0.6) is 0 Å². The third-order valence-electron chi connectivity index (χ3n) is 4.35. The van der Waals surface area contributed by atoms with Gasteiger partial charge in [-0.1, -0.05) is 0 Å². The van der Waals surface area contributed by atoms with Crippen LogP contribution in [0.1, 0.15) is 6.42 Å². The van der Waals surface area contributed by atoms with E-state index in [9.17, 15) is 15.0 Å². The van der Waals surface area contributed by atoms with E-state index in [1.807, 2.05) is 0 Å². The minimum Gasteiger partial charge on any atom is -0.446 e. The van der Waals surface area contributed by atoms with E-state index in [4.69, 9.17) is 16.2 Å². The SMILES string of the molecule is CNC(=O)OC[C@@H]1NC(N)=[N+]2CCC(O)(O)[C@@]23NC(N)=N[C@@H]13. The number of guanidine groups is 2. The number of rotatable bonds is 2. The summed E-state index contributed by atoms with van der Waals surface area (Å²) < 4.78 is 6.63. The van der Waals surface area contributed by atoms with Gasteiger partial charge in [-0.15, -0.1) is 0 Å². The number of nitrogens with one attached hydrogen (secondary N) is 3. The number of nitrogens with two attached hydrogens (primary N) is 2. The summed E-state index contributed by atoms with van der Waals surface area (Å²) in [5.74, 6) is -1.77. The minimum atomic E-state index is -2.08. The Morgan fingerprint density at radius 1 is 1.59 bits per heavy atom. The van der Waals surface area contributed by atoms with Crippen molar-refractivity contribution < 1.29 is 24.3 Å². The van der Waals surface area contributed by atoms with E-state index in [-0.39, 0.29) is 24.9 Å². The van der Waals surface area contributed by atoms with Crippen molar-refractivity contribution in [3.8, 4) is 0 Å². The predicted molar refractivity (Wildman–Crippen MR) is 74.7 cm³/mol. The summed E-state index contributed by atoms with van der Waals surface area (Å²) >= 11 is 0. The lowest BCUT2D eigenvalue weighted by atomic mass is 9.87. The van der Waals surface area contributed by atoms with Gasteiger partial charge < -0.3 is 31.3 Å². The van der Waals surface area contributed by atoms with Crippen LogP contribution in [0.15, 0.2) is 4.99 Å². The van der Waals surface area contributed by atoms with Crippen LogP contribution in [0.4, 0.5) is 4.79 Å². The van der Waals surface area contributed by atoms with Gasteiger partial charge in [0.25, 0.3) is 0 Å². The Balaban J connectivity index is 1.96. The maximum Gasteiger partial charge on any atom is 0.406 e. The molecular weight excluding hydrogens is 294 g/mol. The second kappa shape index (κ2) is 4.61. The highest BCUT2D eigenvalue weighted by Gasteiger charge is 2.71. The van der Waals surface area contributed by atoms with Crippen molar-refractivity contribution in [3.05, 3.63) is 0 Å². The zero-order valence-electron chi connectivity index (χ0n) is 12.0. The van der Waals surface area contributed by atoms with Gasteiger partial charge in [-0.2, -0.15) is 0 Å². The molecule has 22 heavy (non-hydrogen) atoms. The number of amides is 1. The normalized spacial score (nSPS) is 35.0. The van der Waals surface area contributed by atoms with Gasteiger partial charge in [0, 0.05) is 13.5 Å². The number of alkyl carbamates (subject to hydrolysis) is 1. The lowest BCUT2D eigenvalue weighted by Crippen LogP contribution is -2.77. The number of nitrogens with zero attached hydrogens (tertiary/aromatic N) is 2. The Bertz CT molecular complexity index is 575. The first-order valence-electron chi connectivity index (χ1n) is 6.89. The monoisotopic (exact) mass is 314 g/mol. The number of aliphatic imine (C=N–C) groups is 1. The second-order valence-corrected chi connectivity index (χ2v) is 5.55. The number of carbonyl (C=O) groups excluding carboxylic acids is 1. The summed E-state index contributed by atoms with van der Waals surface area (Å²) in [6, 6.07) is -1.25. The second-order valence-electron chi connectivity index (χ2n) is 5.55. The molecule has 1 saturated heterocycles. The van der Waals surface area contributed by atoms with Crippen LogP contribution in [0.25, 0.3) is 0 Å². The van der Waals surface area contributed by atoms with Gasteiger partial charge in [-0.3, -0.25) is 11.1 Å². The molecule has 0 bridgehead atoms. The fourth-order valence-electron chi connectivity index (χ4n) is 3.37. The summed E-state index contributed by atoms with van der Waals surface area (Å²) in [6.07, 6.45) is -0.532. The molecule has 3 aliphatic heterocycles. The van der Waals surface area contributed by atoms with Crippen LogP contribution in [0.3, 0.4) is 0 Å². The zero-order chi connectivity index (χ0) is 16.1. The molecule has 0 unspecified atom stereocenters. The van der Waals surface area contributed by atoms with Gasteiger partial charge >= 0.3 is 12.1 Å². The zero-order valence-corrected chi connectivity index (χ0v) is 12.0. The van der Waals surface area contributed by atoms with Crippen molar-refractivity contribution in [2.75, 3.05) is 20.2 Å². The van der Waals surface area contributed by atoms with E-state index in [1.54, 1.807) is 4.58 Å². The Kier molecular flexibility index (Phi) is 3.07. The van der Waals surface area contributed by atoms with Crippen LogP contribution in [-0.2, 0) is 4.74 Å². The third kappa shape index (κ3) is 1.78. The molecule has 0 aromatic heterocycles. The first kappa shape index (κ1) is 14.7. The smallest absolute Gasteiger partial charge is 0.406 e. The molecule has 0 aromatic carbocycles. The molecule has 0 saturated carbocycles. The standard InChI is InChI=1S/C11H19N7O4/c1-14-9(19)22-4-5-6-11(17-7(12)16-6)10(20,21)2-3-18(11)8(13)15-5/h5-6,20-21H,2-4H2,1H3,(H6,12,13,14,15,16,17,19)/p+1/t5-,6-,11-/m0/s1. The van der Waals surface area contributed by atoms with E-state index in [0.717, 1.165) is 0 Å². The molecule has 0 radical (unpaired) electrons. The quantitative estimate of drug-likeness (QED) is 0.198. The van der Waals surface area contributed by atoms with Gasteiger partial charge in [-0.05, 0) is 0 Å². The number of carbonyl (C=O) groups is 1. The Labute approximate surface area is 126 Å². The molecule has 122 valence electrons. The van der Waals surface area contributed by atoms with Crippen LogP contribution >= 0.6 is 0 Å². The topological polar surface area (TPSA) is 170 Å². The molecule has 1 spiro atoms. The highest BCUT2D eigenvalue weighted by Crippen LogP contribution is 2.40. The third-order valence-corrected chi connectivity index (χ3v) is 4.35. The van der Waals surface area contributed by atoms with Gasteiger partial charge in [0.05, 0.1) is 6.54 Å². The summed E-state index contributed by atoms with van der Waals surface area (Å²) in [7, 11) is 1.44. The van der Waals surface area contributed by atoms with Crippen LogP contribution in [0, 0.1) is 0 Å². The van der Waals surface area contributed by atoms with Crippen LogP contribution in [-0.4, -0.2) is 76.5 Å². The summed E-state index contributed by atoms with van der Waals surface area (Å²) in [6.45, 7) is 0.260. The van der Waals surface area contributed by atoms with E-state index in [1.165, 1.54) is 7.05 Å². The molecule has 0 aliphatic carbocycles. The number of ether oxygens (including phenoxy) is 1. The first-order valence-corrected chi connectivity index (χ1v) is 6.89. The van der Waals surface area contributed by atoms with E-state index in [0.29, 0.717) is 6.54 Å². The average Bonchev–Trinajstić information content (AvgIpc) is 2.94. The fourth-order valence-corrected chi connectivity index (χ4v) is 3.37.